The van der Waals surface area contributed by atoms with Gasteiger partial charge in [-0.1, -0.05) is 18.2 Å². The van der Waals surface area contributed by atoms with Gasteiger partial charge in [0.15, 0.2) is 0 Å². The van der Waals surface area contributed by atoms with Crippen LogP contribution in [0.5, 0.6) is 0 Å². The van der Waals surface area contributed by atoms with Gasteiger partial charge in [-0.25, -0.2) is 17.5 Å². The minimum absolute atomic E-state index is 0.0959. The van der Waals surface area contributed by atoms with Gasteiger partial charge >= 0.3 is 0 Å². The first kappa shape index (κ1) is 15.1. The summed E-state index contributed by atoms with van der Waals surface area (Å²) in [6.45, 7) is 1.01. The first-order chi connectivity index (χ1) is 8.41. The molecule has 1 aromatic carbocycles. The van der Waals surface area contributed by atoms with Gasteiger partial charge in [0, 0.05) is 13.1 Å². The summed E-state index contributed by atoms with van der Waals surface area (Å²) in [5.74, 6) is -0.456. The summed E-state index contributed by atoms with van der Waals surface area (Å²) < 4.78 is 39.1. The van der Waals surface area contributed by atoms with E-state index in [0.717, 1.165) is 0 Å². The summed E-state index contributed by atoms with van der Waals surface area (Å²) in [4.78, 5) is 1.89. The summed E-state index contributed by atoms with van der Waals surface area (Å²) in [5.41, 5.74) is 0.426. The Morgan fingerprint density at radius 3 is 2.56 bits per heavy atom. The average molecular weight is 274 g/mol. The maximum Gasteiger partial charge on any atom is 0.211 e. The summed E-state index contributed by atoms with van der Waals surface area (Å²) in [6.07, 6.45) is 0.184. The maximum atomic E-state index is 13.3. The number of hydrogen-bond acceptors (Lipinski definition) is 3. The summed E-state index contributed by atoms with van der Waals surface area (Å²) in [5, 5.41) is 0. The van der Waals surface area contributed by atoms with E-state index < -0.39 is 10.0 Å². The minimum atomic E-state index is -3.34. The molecule has 0 saturated carbocycles. The van der Waals surface area contributed by atoms with Crippen molar-refractivity contribution in [3.63, 3.8) is 0 Å². The molecular formula is C12H19FN2O2S. The summed E-state index contributed by atoms with van der Waals surface area (Å²) >= 11 is 0. The van der Waals surface area contributed by atoms with Gasteiger partial charge in [0.25, 0.3) is 0 Å². The van der Waals surface area contributed by atoms with Crippen molar-refractivity contribution >= 4 is 10.0 Å². The fraction of sp³-hybridized carbons (Fsp3) is 0.500. The third kappa shape index (κ3) is 5.57. The number of sulfonamides is 1. The zero-order valence-electron chi connectivity index (χ0n) is 10.7. The summed E-state index contributed by atoms with van der Waals surface area (Å²) in [6, 6.07) is 6.22. The lowest BCUT2D eigenvalue weighted by Gasteiger charge is -2.11. The van der Waals surface area contributed by atoms with Gasteiger partial charge in [0.2, 0.25) is 10.0 Å². The van der Waals surface area contributed by atoms with E-state index in [2.05, 4.69) is 4.72 Å². The van der Waals surface area contributed by atoms with E-state index in [-0.39, 0.29) is 18.0 Å². The number of aryl methyl sites for hydroxylation is 1. The van der Waals surface area contributed by atoms with Crippen LogP contribution in [0.4, 0.5) is 4.39 Å². The smallest absolute Gasteiger partial charge is 0.211 e. The zero-order valence-corrected chi connectivity index (χ0v) is 11.5. The number of nitrogens with zero attached hydrogens (tertiary/aromatic N) is 1. The van der Waals surface area contributed by atoms with E-state index in [1.807, 2.05) is 19.0 Å². The summed E-state index contributed by atoms with van der Waals surface area (Å²) in [7, 11) is 0.402. The molecule has 0 heterocycles. The molecule has 0 aliphatic carbocycles. The topological polar surface area (TPSA) is 49.4 Å². The maximum absolute atomic E-state index is 13.3. The van der Waals surface area contributed by atoms with Gasteiger partial charge in [-0.05, 0) is 32.1 Å². The zero-order chi connectivity index (χ0) is 13.6. The Labute approximate surface area is 108 Å². The number of likely N-dealkylation sites (N-methyl/N-ethyl adjacent to an activating group) is 1. The van der Waals surface area contributed by atoms with E-state index in [0.29, 0.717) is 18.7 Å². The Balaban J connectivity index is 2.45. The molecule has 0 amide bonds. The van der Waals surface area contributed by atoms with Crippen molar-refractivity contribution in [1.29, 1.82) is 0 Å². The van der Waals surface area contributed by atoms with Gasteiger partial charge in [-0.3, -0.25) is 0 Å². The molecule has 1 rings (SSSR count). The fourth-order valence-electron chi connectivity index (χ4n) is 1.44. The first-order valence-corrected chi connectivity index (χ1v) is 7.41. The van der Waals surface area contributed by atoms with Crippen LogP contribution < -0.4 is 4.72 Å². The Kier molecular flexibility index (Phi) is 5.71. The molecule has 0 saturated heterocycles. The van der Waals surface area contributed by atoms with E-state index in [9.17, 15) is 12.8 Å². The molecule has 18 heavy (non-hydrogen) atoms. The molecule has 1 aromatic rings. The Bertz CT molecular complexity index is 475. The lowest BCUT2D eigenvalue weighted by Crippen LogP contribution is -2.33. The number of benzene rings is 1. The molecule has 0 spiro atoms. The van der Waals surface area contributed by atoms with Crippen LogP contribution in [0.25, 0.3) is 0 Å². The molecule has 0 aliphatic heterocycles. The normalized spacial score (nSPS) is 12.0. The Morgan fingerprint density at radius 1 is 1.28 bits per heavy atom. The van der Waals surface area contributed by atoms with Crippen LogP contribution in [0, 0.1) is 5.82 Å². The Hall–Kier alpha value is -0.980. The van der Waals surface area contributed by atoms with Crippen molar-refractivity contribution < 1.29 is 12.8 Å². The van der Waals surface area contributed by atoms with Gasteiger partial charge in [0.05, 0.1) is 5.75 Å². The predicted molar refractivity (Wildman–Crippen MR) is 70.4 cm³/mol. The number of hydrogen-bond donors (Lipinski definition) is 1. The van der Waals surface area contributed by atoms with E-state index >= 15 is 0 Å². The second kappa shape index (κ2) is 6.82. The lowest BCUT2D eigenvalue weighted by molar-refractivity contribution is 0.412. The molecule has 6 heteroatoms. The van der Waals surface area contributed by atoms with Crippen molar-refractivity contribution in [3.8, 4) is 0 Å². The van der Waals surface area contributed by atoms with Crippen molar-refractivity contribution in [2.24, 2.45) is 0 Å². The monoisotopic (exact) mass is 274 g/mol. The number of rotatable bonds is 7. The standard InChI is InChI=1S/C12H19FN2O2S/c1-15(2)9-8-14-18(16,17)10-7-11-5-3-4-6-12(11)13/h3-6,14H,7-10H2,1-2H3. The van der Waals surface area contributed by atoms with Crippen molar-refractivity contribution in [1.82, 2.24) is 9.62 Å². The quantitative estimate of drug-likeness (QED) is 0.802. The van der Waals surface area contributed by atoms with Crippen molar-refractivity contribution in [3.05, 3.63) is 35.6 Å². The molecule has 4 nitrogen and oxygen atoms in total. The molecule has 102 valence electrons. The van der Waals surface area contributed by atoms with Crippen LogP contribution in [0.3, 0.4) is 0 Å². The molecule has 0 fully saturated rings. The first-order valence-electron chi connectivity index (χ1n) is 5.76. The SMILES string of the molecule is CN(C)CCNS(=O)(=O)CCc1ccccc1F. The van der Waals surface area contributed by atoms with Crippen LogP contribution in [-0.4, -0.2) is 46.3 Å². The lowest BCUT2D eigenvalue weighted by atomic mass is 10.2. The van der Waals surface area contributed by atoms with Gasteiger partial charge in [0.1, 0.15) is 5.82 Å². The Morgan fingerprint density at radius 2 is 1.94 bits per heavy atom. The third-order valence-electron chi connectivity index (χ3n) is 2.48. The molecule has 1 N–H and O–H groups in total. The van der Waals surface area contributed by atoms with Crippen LogP contribution in [0.1, 0.15) is 5.56 Å². The highest BCUT2D eigenvalue weighted by atomic mass is 32.2. The van der Waals surface area contributed by atoms with Crippen LogP contribution >= 0.6 is 0 Å². The molecule has 0 aliphatic rings. The van der Waals surface area contributed by atoms with Gasteiger partial charge < -0.3 is 4.90 Å². The molecular weight excluding hydrogens is 255 g/mol. The largest absolute Gasteiger partial charge is 0.308 e. The predicted octanol–water partition coefficient (Wildman–Crippen LogP) is 0.849. The second-order valence-electron chi connectivity index (χ2n) is 4.36. The fourth-order valence-corrected chi connectivity index (χ4v) is 2.48. The van der Waals surface area contributed by atoms with E-state index in [4.69, 9.17) is 0 Å². The minimum Gasteiger partial charge on any atom is -0.308 e. The second-order valence-corrected chi connectivity index (χ2v) is 6.28. The van der Waals surface area contributed by atoms with Gasteiger partial charge in [-0.2, -0.15) is 0 Å². The molecule has 0 bridgehead atoms. The van der Waals surface area contributed by atoms with E-state index in [1.54, 1.807) is 18.2 Å². The third-order valence-corrected chi connectivity index (χ3v) is 3.86. The number of nitrogens with one attached hydrogen (secondary N) is 1. The highest BCUT2D eigenvalue weighted by molar-refractivity contribution is 7.89. The van der Waals surface area contributed by atoms with Crippen LogP contribution in [0.15, 0.2) is 24.3 Å². The van der Waals surface area contributed by atoms with Crippen molar-refractivity contribution in [2.75, 3.05) is 32.9 Å². The van der Waals surface area contributed by atoms with Crippen LogP contribution in [0.2, 0.25) is 0 Å². The van der Waals surface area contributed by atoms with Gasteiger partial charge in [-0.15, -0.1) is 0 Å². The highest BCUT2D eigenvalue weighted by Gasteiger charge is 2.11. The average Bonchev–Trinajstić information content (AvgIpc) is 2.27. The van der Waals surface area contributed by atoms with Crippen LogP contribution in [-0.2, 0) is 16.4 Å². The molecule has 0 atom stereocenters. The van der Waals surface area contributed by atoms with E-state index in [1.165, 1.54) is 6.07 Å². The number of halogens is 1. The molecule has 0 radical (unpaired) electrons. The molecule has 0 aromatic heterocycles. The highest BCUT2D eigenvalue weighted by Crippen LogP contribution is 2.07. The molecule has 0 unspecified atom stereocenters. The van der Waals surface area contributed by atoms with Crippen molar-refractivity contribution in [2.45, 2.75) is 6.42 Å².